The zero-order chi connectivity index (χ0) is 22.1. The smallest absolute Gasteiger partial charge is 0.416 e. The van der Waals surface area contributed by atoms with E-state index in [1.807, 2.05) is 0 Å². The van der Waals surface area contributed by atoms with E-state index in [1.54, 1.807) is 13.0 Å². The maximum Gasteiger partial charge on any atom is 0.416 e. The predicted molar refractivity (Wildman–Crippen MR) is 103 cm³/mol. The second-order valence-electron chi connectivity index (χ2n) is 5.98. The molecule has 1 N–H and O–H groups in total. The van der Waals surface area contributed by atoms with Gasteiger partial charge in [-0.1, -0.05) is 11.6 Å². The molecule has 8 nitrogen and oxygen atoms in total. The Morgan fingerprint density at radius 3 is 2.57 bits per heavy atom. The Bertz CT molecular complexity index is 1180. The summed E-state index contributed by atoms with van der Waals surface area (Å²) >= 11 is 5.91. The number of aryl methyl sites for hydroxylation is 1. The molecule has 0 atom stereocenters. The van der Waals surface area contributed by atoms with Crippen molar-refractivity contribution in [2.24, 2.45) is 0 Å². The number of rotatable bonds is 6. The van der Waals surface area contributed by atoms with Gasteiger partial charge in [-0.05, 0) is 53.7 Å². The summed E-state index contributed by atoms with van der Waals surface area (Å²) in [4.78, 5) is -0.318. The second-order valence-corrected chi connectivity index (χ2v) is 8.04. The van der Waals surface area contributed by atoms with Crippen molar-refractivity contribution in [3.63, 3.8) is 0 Å². The first-order valence-corrected chi connectivity index (χ1v) is 10.3. The third kappa shape index (κ3) is 4.33. The van der Waals surface area contributed by atoms with E-state index >= 15 is 0 Å². The molecule has 3 rings (SSSR count). The van der Waals surface area contributed by atoms with Gasteiger partial charge in [0.25, 0.3) is 10.0 Å². The first kappa shape index (κ1) is 21.8. The topological polar surface area (TPSA) is 99.0 Å². The highest BCUT2D eigenvalue weighted by molar-refractivity contribution is 7.92. The van der Waals surface area contributed by atoms with Crippen LogP contribution in [-0.4, -0.2) is 35.7 Å². The standard InChI is InChI=1S/C17H15ClF3N5O3S/c1-3-26-16(22-24-25-26)10-4-7-14(29-2)15(8-10)30(27,28)23-13-9-11(17(19,20)21)5-6-12(13)18/h4-9,23H,3H2,1-2H3. The Balaban J connectivity index is 2.07. The first-order valence-electron chi connectivity index (χ1n) is 8.41. The highest BCUT2D eigenvalue weighted by atomic mass is 35.5. The number of hydrogen-bond donors (Lipinski definition) is 1. The average Bonchev–Trinajstić information content (AvgIpc) is 3.17. The first-order chi connectivity index (χ1) is 14.1. The van der Waals surface area contributed by atoms with Gasteiger partial charge in [0, 0.05) is 12.1 Å². The monoisotopic (exact) mass is 461 g/mol. The van der Waals surface area contributed by atoms with Gasteiger partial charge in [-0.3, -0.25) is 4.72 Å². The molecule has 0 amide bonds. The minimum Gasteiger partial charge on any atom is -0.495 e. The number of ether oxygens (including phenoxy) is 1. The number of nitrogens with zero attached hydrogens (tertiary/aromatic N) is 4. The zero-order valence-corrected chi connectivity index (χ0v) is 17.2. The van der Waals surface area contributed by atoms with E-state index in [-0.39, 0.29) is 15.7 Å². The summed E-state index contributed by atoms with van der Waals surface area (Å²) in [6.45, 7) is 2.24. The zero-order valence-electron chi connectivity index (χ0n) is 15.6. The fourth-order valence-electron chi connectivity index (χ4n) is 2.63. The summed E-state index contributed by atoms with van der Waals surface area (Å²) in [7, 11) is -3.11. The molecule has 0 unspecified atom stereocenters. The van der Waals surface area contributed by atoms with E-state index in [0.29, 0.717) is 24.0 Å². The number of benzene rings is 2. The van der Waals surface area contributed by atoms with Crippen molar-refractivity contribution in [1.29, 1.82) is 0 Å². The van der Waals surface area contributed by atoms with Gasteiger partial charge >= 0.3 is 6.18 Å². The molecule has 0 aliphatic rings. The lowest BCUT2D eigenvalue weighted by molar-refractivity contribution is -0.137. The molecule has 0 saturated carbocycles. The van der Waals surface area contributed by atoms with E-state index in [9.17, 15) is 21.6 Å². The SMILES string of the molecule is CCn1nnnc1-c1ccc(OC)c(S(=O)(=O)Nc2cc(C(F)(F)F)ccc2Cl)c1. The highest BCUT2D eigenvalue weighted by Crippen LogP contribution is 2.36. The number of tetrazole rings is 1. The fourth-order valence-corrected chi connectivity index (χ4v) is 4.12. The molecule has 30 heavy (non-hydrogen) atoms. The summed E-state index contributed by atoms with van der Waals surface area (Å²) in [5.74, 6) is 0.290. The molecule has 0 fully saturated rings. The summed E-state index contributed by atoms with van der Waals surface area (Å²) in [6.07, 6.45) is -4.67. The molecule has 3 aromatic rings. The van der Waals surface area contributed by atoms with Crippen LogP contribution in [0.25, 0.3) is 11.4 Å². The molecule has 13 heteroatoms. The van der Waals surface area contributed by atoms with Crippen LogP contribution in [0.5, 0.6) is 5.75 Å². The third-order valence-corrected chi connectivity index (χ3v) is 5.80. The minimum atomic E-state index is -4.67. The lowest BCUT2D eigenvalue weighted by atomic mass is 10.2. The van der Waals surface area contributed by atoms with Gasteiger partial charge in [0.05, 0.1) is 23.4 Å². The van der Waals surface area contributed by atoms with Crippen LogP contribution in [-0.2, 0) is 22.7 Å². The van der Waals surface area contributed by atoms with Crippen molar-refractivity contribution in [3.8, 4) is 17.1 Å². The van der Waals surface area contributed by atoms with Crippen molar-refractivity contribution in [1.82, 2.24) is 20.2 Å². The van der Waals surface area contributed by atoms with Gasteiger partial charge in [0.15, 0.2) is 5.82 Å². The van der Waals surface area contributed by atoms with E-state index in [2.05, 4.69) is 20.2 Å². The molecule has 0 spiro atoms. The molecule has 0 aliphatic heterocycles. The van der Waals surface area contributed by atoms with Gasteiger partial charge < -0.3 is 4.74 Å². The van der Waals surface area contributed by atoms with Crippen LogP contribution in [0.2, 0.25) is 5.02 Å². The summed E-state index contributed by atoms with van der Waals surface area (Å²) in [5, 5.41) is 11.0. The molecule has 0 saturated heterocycles. The fraction of sp³-hybridized carbons (Fsp3) is 0.235. The lowest BCUT2D eigenvalue weighted by Gasteiger charge is -2.15. The Kier molecular flexibility index (Phi) is 5.90. The van der Waals surface area contributed by atoms with E-state index < -0.39 is 27.5 Å². The van der Waals surface area contributed by atoms with Crippen LogP contribution in [0.3, 0.4) is 0 Å². The van der Waals surface area contributed by atoms with Crippen LogP contribution in [0.1, 0.15) is 12.5 Å². The number of alkyl halides is 3. The predicted octanol–water partition coefficient (Wildman–Crippen LogP) is 3.84. The highest BCUT2D eigenvalue weighted by Gasteiger charge is 2.32. The summed E-state index contributed by atoms with van der Waals surface area (Å²) < 4.78 is 73.6. The van der Waals surface area contributed by atoms with E-state index in [1.165, 1.54) is 23.9 Å². The number of aromatic nitrogens is 4. The van der Waals surface area contributed by atoms with E-state index in [4.69, 9.17) is 16.3 Å². The van der Waals surface area contributed by atoms with Gasteiger partial charge in [-0.25, -0.2) is 13.1 Å². The molecular formula is C17H15ClF3N5O3S. The molecule has 1 heterocycles. The molecule has 1 aromatic heterocycles. The summed E-state index contributed by atoms with van der Waals surface area (Å²) in [6, 6.07) is 6.56. The summed E-state index contributed by atoms with van der Waals surface area (Å²) in [5.41, 5.74) is -1.09. The Morgan fingerprint density at radius 1 is 1.20 bits per heavy atom. The quantitative estimate of drug-likeness (QED) is 0.598. The van der Waals surface area contributed by atoms with Crippen molar-refractivity contribution in [3.05, 3.63) is 47.0 Å². The number of nitrogens with one attached hydrogen (secondary N) is 1. The molecule has 0 radical (unpaired) electrons. The van der Waals surface area contributed by atoms with Gasteiger partial charge in [-0.2, -0.15) is 13.2 Å². The molecule has 2 aromatic carbocycles. The lowest BCUT2D eigenvalue weighted by Crippen LogP contribution is -2.16. The molecule has 0 aliphatic carbocycles. The van der Waals surface area contributed by atoms with E-state index in [0.717, 1.165) is 12.1 Å². The third-order valence-electron chi connectivity index (χ3n) is 4.08. The molecule has 0 bridgehead atoms. The van der Waals surface area contributed by atoms with Crippen LogP contribution in [0.15, 0.2) is 41.3 Å². The maximum atomic E-state index is 13.0. The Hall–Kier alpha value is -2.86. The second kappa shape index (κ2) is 8.11. The Morgan fingerprint density at radius 2 is 1.93 bits per heavy atom. The van der Waals surface area contributed by atoms with Crippen molar-refractivity contribution < 1.29 is 26.3 Å². The van der Waals surface area contributed by atoms with Gasteiger partial charge in [0.2, 0.25) is 0 Å². The van der Waals surface area contributed by atoms with Crippen LogP contribution < -0.4 is 9.46 Å². The van der Waals surface area contributed by atoms with Crippen LogP contribution in [0, 0.1) is 0 Å². The van der Waals surface area contributed by atoms with Crippen molar-refractivity contribution >= 4 is 27.3 Å². The average molecular weight is 462 g/mol. The molecular weight excluding hydrogens is 447 g/mol. The number of sulfonamides is 1. The number of methoxy groups -OCH3 is 1. The minimum absolute atomic E-state index is 0.0233. The normalized spacial score (nSPS) is 12.1. The number of halogens is 4. The Labute approximate surface area is 174 Å². The number of anilines is 1. The molecule has 160 valence electrons. The van der Waals surface area contributed by atoms with Crippen molar-refractivity contribution in [2.45, 2.75) is 24.5 Å². The van der Waals surface area contributed by atoms with Crippen molar-refractivity contribution in [2.75, 3.05) is 11.8 Å². The maximum absolute atomic E-state index is 13.0. The van der Waals surface area contributed by atoms with Crippen LogP contribution in [0.4, 0.5) is 18.9 Å². The number of hydrogen-bond acceptors (Lipinski definition) is 6. The van der Waals surface area contributed by atoms with Crippen LogP contribution >= 0.6 is 11.6 Å². The largest absolute Gasteiger partial charge is 0.495 e. The van der Waals surface area contributed by atoms with Gasteiger partial charge in [-0.15, -0.1) is 5.10 Å². The van der Waals surface area contributed by atoms with Gasteiger partial charge in [0.1, 0.15) is 10.6 Å².